The van der Waals surface area contributed by atoms with E-state index in [1.165, 1.54) is 11.8 Å². The minimum Gasteiger partial charge on any atom is -0.481 e. The van der Waals surface area contributed by atoms with Crippen molar-refractivity contribution in [3.8, 4) is 0 Å². The number of aromatic amines is 1. The van der Waals surface area contributed by atoms with E-state index in [1.807, 2.05) is 0 Å². The van der Waals surface area contributed by atoms with E-state index < -0.39 is 5.97 Å². The molecule has 0 saturated carbocycles. The molecule has 6 nitrogen and oxygen atoms in total. The molecule has 4 N–H and O–H groups in total. The highest BCUT2D eigenvalue weighted by molar-refractivity contribution is 7.99. The number of hydrogen-bond donors (Lipinski definition) is 3. The quantitative estimate of drug-likeness (QED) is 0.599. The molecule has 1 rings (SSSR count). The minimum atomic E-state index is -0.840. The number of nitrogens with two attached hydrogens (primary N) is 1. The van der Waals surface area contributed by atoms with Crippen LogP contribution in [0.3, 0.4) is 0 Å². The number of aromatic nitrogens is 3. The van der Waals surface area contributed by atoms with Gasteiger partial charge in [0, 0.05) is 0 Å². The van der Waals surface area contributed by atoms with Crippen molar-refractivity contribution in [2.75, 3.05) is 11.5 Å². The zero-order chi connectivity index (χ0) is 8.97. The van der Waals surface area contributed by atoms with Gasteiger partial charge in [-0.25, -0.2) is 0 Å². The lowest BCUT2D eigenvalue weighted by molar-refractivity contribution is -0.133. The molecule has 0 amide bonds. The van der Waals surface area contributed by atoms with Crippen molar-refractivity contribution >= 4 is 23.7 Å². The summed E-state index contributed by atoms with van der Waals surface area (Å²) >= 11 is 1.24. The zero-order valence-electron chi connectivity index (χ0n) is 6.15. The van der Waals surface area contributed by atoms with Crippen LogP contribution in [0.2, 0.25) is 0 Å². The summed E-state index contributed by atoms with van der Waals surface area (Å²) in [6.45, 7) is 0. The smallest absolute Gasteiger partial charge is 0.313 e. The molecule has 1 aromatic rings. The number of carbonyl (C=O) groups is 1. The summed E-state index contributed by atoms with van der Waals surface area (Å²) in [6, 6.07) is 0. The predicted molar refractivity (Wildman–Crippen MR) is 44.6 cm³/mol. The first-order valence-corrected chi connectivity index (χ1v) is 4.30. The van der Waals surface area contributed by atoms with Gasteiger partial charge in [-0.05, 0) is 0 Å². The lowest BCUT2D eigenvalue weighted by Gasteiger charge is -1.91. The fourth-order valence-electron chi connectivity index (χ4n) is 0.610. The fourth-order valence-corrected chi connectivity index (χ4v) is 1.21. The second-order valence-corrected chi connectivity index (χ2v) is 3.01. The van der Waals surface area contributed by atoms with E-state index >= 15 is 0 Å². The van der Waals surface area contributed by atoms with Gasteiger partial charge in [-0.1, -0.05) is 0 Å². The molecule has 0 aliphatic carbocycles. The van der Waals surface area contributed by atoms with Crippen molar-refractivity contribution in [2.45, 2.75) is 5.75 Å². The summed E-state index contributed by atoms with van der Waals surface area (Å²) in [6.07, 6.45) is 0. The maximum atomic E-state index is 10.1. The topological polar surface area (TPSA) is 105 Å². The van der Waals surface area contributed by atoms with Gasteiger partial charge in [0.05, 0.1) is 11.5 Å². The summed E-state index contributed by atoms with van der Waals surface area (Å²) in [5, 5.41) is 14.5. The van der Waals surface area contributed by atoms with Gasteiger partial charge < -0.3 is 10.8 Å². The zero-order valence-corrected chi connectivity index (χ0v) is 6.97. The van der Waals surface area contributed by atoms with Gasteiger partial charge in [0.2, 0.25) is 5.95 Å². The second-order valence-electron chi connectivity index (χ2n) is 2.03. The number of aliphatic carboxylic acids is 1. The van der Waals surface area contributed by atoms with E-state index in [0.717, 1.165) is 0 Å². The SMILES string of the molecule is Nc1n[nH]c(CSCC(=O)O)n1. The molecule has 0 saturated heterocycles. The summed E-state index contributed by atoms with van der Waals surface area (Å²) < 4.78 is 0. The van der Waals surface area contributed by atoms with E-state index in [9.17, 15) is 4.79 Å². The molecular weight excluding hydrogens is 180 g/mol. The van der Waals surface area contributed by atoms with Crippen molar-refractivity contribution in [3.63, 3.8) is 0 Å². The number of nitrogen functional groups attached to an aromatic ring is 1. The Morgan fingerprint density at radius 2 is 2.50 bits per heavy atom. The monoisotopic (exact) mass is 188 g/mol. The van der Waals surface area contributed by atoms with Crippen LogP contribution in [0.25, 0.3) is 0 Å². The highest BCUT2D eigenvalue weighted by Crippen LogP contribution is 2.07. The Balaban J connectivity index is 2.29. The first-order chi connectivity index (χ1) is 5.68. The number of rotatable bonds is 4. The van der Waals surface area contributed by atoms with E-state index in [0.29, 0.717) is 11.6 Å². The van der Waals surface area contributed by atoms with Crippen LogP contribution in [0.4, 0.5) is 5.95 Å². The molecule has 12 heavy (non-hydrogen) atoms. The first-order valence-electron chi connectivity index (χ1n) is 3.15. The average Bonchev–Trinajstić information content (AvgIpc) is 2.35. The van der Waals surface area contributed by atoms with Crippen LogP contribution in [0, 0.1) is 0 Å². The molecule has 0 radical (unpaired) electrons. The Labute approximate surface area is 72.6 Å². The average molecular weight is 188 g/mol. The number of nitrogens with zero attached hydrogens (tertiary/aromatic N) is 2. The van der Waals surface area contributed by atoms with Gasteiger partial charge in [0.15, 0.2) is 0 Å². The van der Waals surface area contributed by atoms with Crippen molar-refractivity contribution in [1.82, 2.24) is 15.2 Å². The third kappa shape index (κ3) is 2.79. The molecule has 66 valence electrons. The molecule has 0 atom stereocenters. The van der Waals surface area contributed by atoms with Crippen LogP contribution >= 0.6 is 11.8 Å². The molecule has 0 aliphatic heterocycles. The molecule has 0 unspecified atom stereocenters. The van der Waals surface area contributed by atoms with Gasteiger partial charge in [0.25, 0.3) is 0 Å². The Hall–Kier alpha value is -1.24. The van der Waals surface area contributed by atoms with Crippen molar-refractivity contribution < 1.29 is 9.90 Å². The van der Waals surface area contributed by atoms with E-state index in [4.69, 9.17) is 10.8 Å². The number of anilines is 1. The Morgan fingerprint density at radius 3 is 3.00 bits per heavy atom. The summed E-state index contributed by atoms with van der Waals surface area (Å²) in [5.41, 5.74) is 5.23. The van der Waals surface area contributed by atoms with Crippen LogP contribution in [0.1, 0.15) is 5.82 Å². The Bertz CT molecular complexity index is 274. The number of carboxylic acids is 1. The summed E-state index contributed by atoms with van der Waals surface area (Å²) in [5.74, 6) is 0.476. The largest absolute Gasteiger partial charge is 0.481 e. The first kappa shape index (κ1) is 8.85. The number of H-pyrrole nitrogens is 1. The maximum Gasteiger partial charge on any atom is 0.313 e. The fraction of sp³-hybridized carbons (Fsp3) is 0.400. The maximum absolute atomic E-state index is 10.1. The Kier molecular flexibility index (Phi) is 2.92. The summed E-state index contributed by atoms with van der Waals surface area (Å²) in [7, 11) is 0. The van der Waals surface area contributed by atoms with Crippen LogP contribution in [-0.2, 0) is 10.5 Å². The van der Waals surface area contributed by atoms with Gasteiger partial charge in [-0.15, -0.1) is 16.9 Å². The van der Waals surface area contributed by atoms with Crippen LogP contribution in [-0.4, -0.2) is 32.0 Å². The van der Waals surface area contributed by atoms with Gasteiger partial charge >= 0.3 is 5.97 Å². The van der Waals surface area contributed by atoms with Crippen LogP contribution < -0.4 is 5.73 Å². The number of nitrogens with one attached hydrogen (secondary N) is 1. The lowest BCUT2D eigenvalue weighted by atomic mass is 10.7. The van der Waals surface area contributed by atoms with E-state index in [-0.39, 0.29) is 11.7 Å². The molecule has 0 bridgehead atoms. The normalized spacial score (nSPS) is 10.0. The van der Waals surface area contributed by atoms with Crippen molar-refractivity contribution in [2.24, 2.45) is 0 Å². The third-order valence-corrected chi connectivity index (χ3v) is 1.94. The van der Waals surface area contributed by atoms with Crippen LogP contribution in [0.15, 0.2) is 0 Å². The molecule has 1 aromatic heterocycles. The predicted octanol–water partition coefficient (Wildman–Crippen LogP) is -0.295. The molecule has 0 fully saturated rings. The van der Waals surface area contributed by atoms with Gasteiger partial charge in [-0.3, -0.25) is 9.89 Å². The second kappa shape index (κ2) is 3.96. The number of carboxylic acid groups (broad SMARTS) is 1. The van der Waals surface area contributed by atoms with Crippen molar-refractivity contribution in [3.05, 3.63) is 5.82 Å². The molecule has 0 aromatic carbocycles. The molecule has 0 spiro atoms. The highest BCUT2D eigenvalue weighted by atomic mass is 32.2. The molecule has 1 heterocycles. The molecular formula is C5H8N4O2S. The van der Waals surface area contributed by atoms with Crippen LogP contribution in [0.5, 0.6) is 0 Å². The molecule has 7 heteroatoms. The number of hydrogen-bond acceptors (Lipinski definition) is 5. The standard InChI is InChI=1S/C5H8N4O2S/c6-5-7-3(8-9-5)1-12-2-4(10)11/h1-2H2,(H,10,11)(H3,6,7,8,9). The third-order valence-electron chi connectivity index (χ3n) is 1.01. The van der Waals surface area contributed by atoms with E-state index in [1.54, 1.807) is 0 Å². The van der Waals surface area contributed by atoms with E-state index in [2.05, 4.69) is 15.2 Å². The van der Waals surface area contributed by atoms with Gasteiger partial charge in [0.1, 0.15) is 5.82 Å². The highest BCUT2D eigenvalue weighted by Gasteiger charge is 2.01. The number of thioether (sulfide) groups is 1. The van der Waals surface area contributed by atoms with Crippen molar-refractivity contribution in [1.29, 1.82) is 0 Å². The van der Waals surface area contributed by atoms with Gasteiger partial charge in [-0.2, -0.15) is 4.98 Å². The molecule has 0 aliphatic rings. The Morgan fingerprint density at radius 1 is 1.75 bits per heavy atom. The summed E-state index contributed by atoms with van der Waals surface area (Å²) in [4.78, 5) is 13.9. The minimum absolute atomic E-state index is 0.0562. The lowest BCUT2D eigenvalue weighted by Crippen LogP contribution is -1.98.